The summed E-state index contributed by atoms with van der Waals surface area (Å²) in [5, 5.41) is 5.84. The predicted molar refractivity (Wildman–Crippen MR) is 95.8 cm³/mol. The van der Waals surface area contributed by atoms with Gasteiger partial charge in [-0.1, -0.05) is 19.9 Å². The van der Waals surface area contributed by atoms with E-state index in [1.54, 1.807) is 37.3 Å². The second-order valence-corrected chi connectivity index (χ2v) is 6.02. The number of esters is 1. The number of nitrogens with zero attached hydrogens (tertiary/aromatic N) is 2. The minimum Gasteiger partial charge on any atom is -0.465 e. The lowest BCUT2D eigenvalue weighted by Gasteiger charge is -2.10. The van der Waals surface area contributed by atoms with E-state index in [4.69, 9.17) is 0 Å². The fraction of sp³-hybridized carbons (Fsp3) is 0.333. The van der Waals surface area contributed by atoms with Gasteiger partial charge in [-0.05, 0) is 37.1 Å². The van der Waals surface area contributed by atoms with Crippen LogP contribution in [0.25, 0.3) is 0 Å². The lowest BCUT2D eigenvalue weighted by atomic mass is 10.2. The molecule has 2 aromatic rings. The summed E-state index contributed by atoms with van der Waals surface area (Å²) in [4.78, 5) is 32.6. The first-order chi connectivity index (χ1) is 11.9. The van der Waals surface area contributed by atoms with E-state index in [2.05, 4.69) is 39.2 Å². The van der Waals surface area contributed by atoms with Gasteiger partial charge in [0.15, 0.2) is 0 Å². The van der Waals surface area contributed by atoms with Crippen LogP contribution in [-0.4, -0.2) is 35.5 Å². The Morgan fingerprint density at radius 3 is 2.64 bits per heavy atom. The third-order valence-electron chi connectivity index (χ3n) is 3.30. The van der Waals surface area contributed by atoms with Crippen LogP contribution in [0, 0.1) is 12.8 Å². The number of aromatic nitrogens is 2. The maximum atomic E-state index is 12.5. The van der Waals surface area contributed by atoms with Crippen molar-refractivity contribution in [2.24, 2.45) is 5.92 Å². The Hall–Kier alpha value is -2.96. The lowest BCUT2D eigenvalue weighted by molar-refractivity contribution is 0.0600. The second-order valence-electron chi connectivity index (χ2n) is 6.02. The predicted octanol–water partition coefficient (Wildman–Crippen LogP) is 2.89. The molecule has 0 radical (unpaired) electrons. The maximum absolute atomic E-state index is 12.5. The van der Waals surface area contributed by atoms with Crippen LogP contribution in [-0.2, 0) is 4.74 Å². The summed E-state index contributed by atoms with van der Waals surface area (Å²) in [6, 6.07) is 8.14. The van der Waals surface area contributed by atoms with E-state index >= 15 is 0 Å². The number of carbonyl (C=O) groups is 2. The zero-order valence-electron chi connectivity index (χ0n) is 14.8. The summed E-state index contributed by atoms with van der Waals surface area (Å²) in [5.41, 5.74) is 1.79. The molecule has 2 N–H and O–H groups in total. The maximum Gasteiger partial charge on any atom is 0.337 e. The Morgan fingerprint density at radius 2 is 1.96 bits per heavy atom. The minimum atomic E-state index is -0.464. The number of benzene rings is 1. The number of amides is 1. The van der Waals surface area contributed by atoms with E-state index in [-0.39, 0.29) is 11.6 Å². The number of ether oxygens (including phenoxy) is 1. The van der Waals surface area contributed by atoms with Crippen molar-refractivity contribution in [1.29, 1.82) is 0 Å². The molecule has 1 aromatic heterocycles. The highest BCUT2D eigenvalue weighted by molar-refractivity contribution is 6.03. The molecule has 1 aromatic carbocycles. The lowest BCUT2D eigenvalue weighted by Crippen LogP contribution is -2.17. The molecule has 1 amide bonds. The summed E-state index contributed by atoms with van der Waals surface area (Å²) >= 11 is 0. The number of hydrogen-bond donors (Lipinski definition) is 2. The van der Waals surface area contributed by atoms with Gasteiger partial charge in [-0.2, -0.15) is 0 Å². The SMILES string of the molecule is COC(=O)c1cccc(NC(=O)c2cc(C)nc(NCC(C)C)n2)c1. The van der Waals surface area contributed by atoms with Gasteiger partial charge in [0.05, 0.1) is 12.7 Å². The second kappa shape index (κ2) is 8.23. The number of nitrogens with one attached hydrogen (secondary N) is 2. The van der Waals surface area contributed by atoms with E-state index in [0.717, 1.165) is 0 Å². The third kappa shape index (κ3) is 5.27. The molecule has 0 atom stereocenters. The molecule has 0 aliphatic rings. The van der Waals surface area contributed by atoms with E-state index in [0.29, 0.717) is 35.4 Å². The first-order valence-corrected chi connectivity index (χ1v) is 7.98. The molecule has 7 nitrogen and oxygen atoms in total. The van der Waals surface area contributed by atoms with Crippen LogP contribution in [0.5, 0.6) is 0 Å². The molecule has 0 aliphatic heterocycles. The van der Waals surface area contributed by atoms with Crippen molar-refractivity contribution in [1.82, 2.24) is 9.97 Å². The highest BCUT2D eigenvalue weighted by Gasteiger charge is 2.13. The van der Waals surface area contributed by atoms with Crippen molar-refractivity contribution < 1.29 is 14.3 Å². The Morgan fingerprint density at radius 1 is 1.20 bits per heavy atom. The standard InChI is InChI=1S/C18H22N4O3/c1-11(2)10-19-18-20-12(3)8-15(22-18)16(23)21-14-7-5-6-13(9-14)17(24)25-4/h5-9,11H,10H2,1-4H3,(H,21,23)(H,19,20,22). The largest absolute Gasteiger partial charge is 0.465 e. The smallest absolute Gasteiger partial charge is 0.337 e. The molecule has 0 unspecified atom stereocenters. The van der Waals surface area contributed by atoms with Gasteiger partial charge < -0.3 is 15.4 Å². The van der Waals surface area contributed by atoms with Crippen molar-refractivity contribution >= 4 is 23.5 Å². The quantitative estimate of drug-likeness (QED) is 0.784. The first-order valence-electron chi connectivity index (χ1n) is 7.98. The molecule has 0 saturated heterocycles. The molecule has 0 aliphatic carbocycles. The van der Waals surface area contributed by atoms with E-state index < -0.39 is 5.97 Å². The normalized spacial score (nSPS) is 10.4. The van der Waals surface area contributed by atoms with Crippen LogP contribution in [0.1, 0.15) is 40.4 Å². The van der Waals surface area contributed by atoms with Gasteiger partial charge in [0.1, 0.15) is 5.69 Å². The zero-order valence-corrected chi connectivity index (χ0v) is 14.8. The van der Waals surface area contributed by atoms with Crippen molar-refractivity contribution in [3.63, 3.8) is 0 Å². The number of rotatable bonds is 6. The van der Waals surface area contributed by atoms with Gasteiger partial charge in [0.25, 0.3) is 5.91 Å². The monoisotopic (exact) mass is 342 g/mol. The van der Waals surface area contributed by atoms with Crippen molar-refractivity contribution in [3.8, 4) is 0 Å². The molecular weight excluding hydrogens is 320 g/mol. The number of methoxy groups -OCH3 is 1. The van der Waals surface area contributed by atoms with E-state index in [1.807, 2.05) is 0 Å². The van der Waals surface area contributed by atoms with Crippen LogP contribution in [0.4, 0.5) is 11.6 Å². The zero-order chi connectivity index (χ0) is 18.4. The summed E-state index contributed by atoms with van der Waals surface area (Å²) in [7, 11) is 1.31. The highest BCUT2D eigenvalue weighted by atomic mass is 16.5. The summed E-state index contributed by atoms with van der Waals surface area (Å²) in [6.07, 6.45) is 0. The van der Waals surface area contributed by atoms with Gasteiger partial charge in [-0.3, -0.25) is 4.79 Å². The van der Waals surface area contributed by atoms with Gasteiger partial charge >= 0.3 is 5.97 Å². The average molecular weight is 342 g/mol. The highest BCUT2D eigenvalue weighted by Crippen LogP contribution is 2.14. The van der Waals surface area contributed by atoms with Crippen molar-refractivity contribution in [2.45, 2.75) is 20.8 Å². The molecule has 25 heavy (non-hydrogen) atoms. The first kappa shape index (κ1) is 18.4. The molecule has 0 saturated carbocycles. The molecular formula is C18H22N4O3. The average Bonchev–Trinajstić information content (AvgIpc) is 2.59. The van der Waals surface area contributed by atoms with E-state index in [1.165, 1.54) is 7.11 Å². The topological polar surface area (TPSA) is 93.2 Å². The van der Waals surface area contributed by atoms with E-state index in [9.17, 15) is 9.59 Å². The minimum absolute atomic E-state index is 0.252. The van der Waals surface area contributed by atoms with Gasteiger partial charge in [0, 0.05) is 17.9 Å². The Labute approximate surface area is 146 Å². The number of carbonyl (C=O) groups excluding carboxylic acids is 2. The Bertz CT molecular complexity index is 775. The van der Waals surface area contributed by atoms with Crippen LogP contribution in [0.3, 0.4) is 0 Å². The Balaban J connectivity index is 2.16. The summed E-state index contributed by atoms with van der Waals surface area (Å²) in [6.45, 7) is 6.66. The fourth-order valence-corrected chi connectivity index (χ4v) is 2.10. The van der Waals surface area contributed by atoms with Crippen LogP contribution < -0.4 is 10.6 Å². The van der Waals surface area contributed by atoms with Gasteiger partial charge in [0.2, 0.25) is 5.95 Å². The number of hydrogen-bond acceptors (Lipinski definition) is 6. The number of aryl methyl sites for hydroxylation is 1. The molecule has 0 spiro atoms. The van der Waals surface area contributed by atoms with Crippen LogP contribution in [0.15, 0.2) is 30.3 Å². The third-order valence-corrected chi connectivity index (χ3v) is 3.30. The summed E-state index contributed by atoms with van der Waals surface area (Å²) < 4.78 is 4.68. The molecule has 132 valence electrons. The van der Waals surface area contributed by atoms with Crippen LogP contribution >= 0.6 is 0 Å². The van der Waals surface area contributed by atoms with Gasteiger partial charge in [-0.25, -0.2) is 14.8 Å². The van der Waals surface area contributed by atoms with Crippen LogP contribution in [0.2, 0.25) is 0 Å². The molecule has 0 bridgehead atoms. The van der Waals surface area contributed by atoms with Crippen molar-refractivity contribution in [3.05, 3.63) is 47.3 Å². The molecule has 0 fully saturated rings. The molecule has 7 heteroatoms. The Kier molecular flexibility index (Phi) is 6.05. The fourth-order valence-electron chi connectivity index (χ4n) is 2.10. The molecule has 2 rings (SSSR count). The summed E-state index contributed by atoms with van der Waals surface area (Å²) in [5.74, 6) is 0.0128. The molecule has 1 heterocycles. The number of anilines is 2. The van der Waals surface area contributed by atoms with Crippen molar-refractivity contribution in [2.75, 3.05) is 24.3 Å². The van der Waals surface area contributed by atoms with Gasteiger partial charge in [-0.15, -0.1) is 0 Å².